The van der Waals surface area contributed by atoms with Crippen LogP contribution in [0.2, 0.25) is 0 Å². The van der Waals surface area contributed by atoms with Crippen LogP contribution in [0.25, 0.3) is 0 Å². The monoisotopic (exact) mass is 202 g/mol. The molecular formula is C10H22N2O2. The van der Waals surface area contributed by atoms with Gasteiger partial charge in [-0.3, -0.25) is 4.79 Å². The van der Waals surface area contributed by atoms with E-state index in [0.29, 0.717) is 6.54 Å². The molecule has 0 fully saturated rings. The molecule has 0 unspecified atom stereocenters. The van der Waals surface area contributed by atoms with E-state index in [9.17, 15) is 4.79 Å². The molecule has 4 heteroatoms. The van der Waals surface area contributed by atoms with Crippen LogP contribution in [0.4, 0.5) is 0 Å². The molecule has 4 nitrogen and oxygen atoms in total. The van der Waals surface area contributed by atoms with Gasteiger partial charge in [-0.15, -0.1) is 0 Å². The number of methoxy groups -OCH3 is 1. The zero-order valence-corrected chi connectivity index (χ0v) is 9.38. The third-order valence-electron chi connectivity index (χ3n) is 2.10. The summed E-state index contributed by atoms with van der Waals surface area (Å²) in [6.45, 7) is 5.30. The molecule has 0 aliphatic carbocycles. The summed E-state index contributed by atoms with van der Waals surface area (Å²) in [6, 6.07) is -0.391. The van der Waals surface area contributed by atoms with Gasteiger partial charge in [0.25, 0.3) is 0 Å². The standard InChI is InChI=1S/C10H22N2O2/c1-8(2)9(11)10(13)12-6-4-5-7-14-3/h8-9H,4-7,11H2,1-3H3,(H,12,13)/t9-/m1/s1. The number of rotatable bonds is 7. The van der Waals surface area contributed by atoms with E-state index in [1.807, 2.05) is 13.8 Å². The summed E-state index contributed by atoms with van der Waals surface area (Å²) >= 11 is 0. The number of hydrogen-bond acceptors (Lipinski definition) is 3. The number of ether oxygens (including phenoxy) is 1. The van der Waals surface area contributed by atoms with Crippen molar-refractivity contribution < 1.29 is 9.53 Å². The van der Waals surface area contributed by atoms with Gasteiger partial charge in [0.1, 0.15) is 0 Å². The maximum absolute atomic E-state index is 11.3. The van der Waals surface area contributed by atoms with Gasteiger partial charge < -0.3 is 15.8 Å². The van der Waals surface area contributed by atoms with Gasteiger partial charge in [0, 0.05) is 20.3 Å². The van der Waals surface area contributed by atoms with Gasteiger partial charge in [-0.05, 0) is 18.8 Å². The fourth-order valence-electron chi connectivity index (χ4n) is 1.00. The number of carbonyl (C=O) groups excluding carboxylic acids is 1. The minimum absolute atomic E-state index is 0.0579. The van der Waals surface area contributed by atoms with Crippen molar-refractivity contribution in [2.75, 3.05) is 20.3 Å². The molecule has 1 amide bonds. The maximum atomic E-state index is 11.3. The second-order valence-corrected chi connectivity index (χ2v) is 3.76. The van der Waals surface area contributed by atoms with Crippen molar-refractivity contribution in [3.63, 3.8) is 0 Å². The third-order valence-corrected chi connectivity index (χ3v) is 2.10. The number of hydrogen-bond donors (Lipinski definition) is 2. The van der Waals surface area contributed by atoms with Gasteiger partial charge in [0.2, 0.25) is 5.91 Å². The minimum atomic E-state index is -0.391. The van der Waals surface area contributed by atoms with E-state index in [2.05, 4.69) is 5.32 Å². The summed E-state index contributed by atoms with van der Waals surface area (Å²) in [5, 5.41) is 2.80. The molecule has 0 bridgehead atoms. The van der Waals surface area contributed by atoms with Crippen molar-refractivity contribution >= 4 is 5.91 Å². The fourth-order valence-corrected chi connectivity index (χ4v) is 1.00. The Morgan fingerprint density at radius 3 is 2.57 bits per heavy atom. The number of amides is 1. The van der Waals surface area contributed by atoms with Gasteiger partial charge >= 0.3 is 0 Å². The second kappa shape index (κ2) is 7.76. The average Bonchev–Trinajstić information content (AvgIpc) is 2.16. The highest BCUT2D eigenvalue weighted by Crippen LogP contribution is 1.97. The smallest absolute Gasteiger partial charge is 0.237 e. The van der Waals surface area contributed by atoms with E-state index in [4.69, 9.17) is 10.5 Å². The highest BCUT2D eigenvalue weighted by molar-refractivity contribution is 5.81. The lowest BCUT2D eigenvalue weighted by Crippen LogP contribution is -2.44. The lowest BCUT2D eigenvalue weighted by molar-refractivity contribution is -0.123. The van der Waals surface area contributed by atoms with Crippen LogP contribution in [-0.2, 0) is 9.53 Å². The van der Waals surface area contributed by atoms with Gasteiger partial charge in [-0.1, -0.05) is 13.8 Å². The molecule has 0 aliphatic heterocycles. The van der Waals surface area contributed by atoms with Gasteiger partial charge in [-0.2, -0.15) is 0 Å². The van der Waals surface area contributed by atoms with Crippen LogP contribution < -0.4 is 11.1 Å². The Kier molecular flexibility index (Phi) is 7.42. The predicted octanol–water partition coefficient (Wildman–Crippen LogP) is 0.513. The summed E-state index contributed by atoms with van der Waals surface area (Å²) in [5.74, 6) is 0.131. The van der Waals surface area contributed by atoms with Crippen molar-refractivity contribution in [3.05, 3.63) is 0 Å². The van der Waals surface area contributed by atoms with E-state index < -0.39 is 6.04 Å². The highest BCUT2D eigenvalue weighted by atomic mass is 16.5. The van der Waals surface area contributed by atoms with Gasteiger partial charge in [-0.25, -0.2) is 0 Å². The third kappa shape index (κ3) is 5.94. The zero-order chi connectivity index (χ0) is 11.0. The van der Waals surface area contributed by atoms with E-state index in [1.54, 1.807) is 7.11 Å². The topological polar surface area (TPSA) is 64.3 Å². The zero-order valence-electron chi connectivity index (χ0n) is 9.38. The second-order valence-electron chi connectivity index (χ2n) is 3.76. The summed E-state index contributed by atoms with van der Waals surface area (Å²) in [6.07, 6.45) is 1.90. The quantitative estimate of drug-likeness (QED) is 0.591. The van der Waals surface area contributed by atoms with Crippen molar-refractivity contribution in [1.82, 2.24) is 5.32 Å². The molecule has 84 valence electrons. The van der Waals surface area contributed by atoms with Crippen LogP contribution in [0, 0.1) is 5.92 Å². The van der Waals surface area contributed by atoms with E-state index in [1.165, 1.54) is 0 Å². The average molecular weight is 202 g/mol. The Bertz CT molecular complexity index is 160. The first kappa shape index (κ1) is 13.4. The Morgan fingerprint density at radius 2 is 2.07 bits per heavy atom. The molecular weight excluding hydrogens is 180 g/mol. The molecule has 0 saturated heterocycles. The molecule has 0 aliphatic rings. The van der Waals surface area contributed by atoms with Crippen LogP contribution >= 0.6 is 0 Å². The predicted molar refractivity (Wildman–Crippen MR) is 56.9 cm³/mol. The molecule has 14 heavy (non-hydrogen) atoms. The Hall–Kier alpha value is -0.610. The lowest BCUT2D eigenvalue weighted by Gasteiger charge is -2.15. The summed E-state index contributed by atoms with van der Waals surface area (Å²) < 4.78 is 4.90. The lowest BCUT2D eigenvalue weighted by atomic mass is 10.1. The number of nitrogens with one attached hydrogen (secondary N) is 1. The Balaban J connectivity index is 3.44. The van der Waals surface area contributed by atoms with Crippen LogP contribution in [0.15, 0.2) is 0 Å². The maximum Gasteiger partial charge on any atom is 0.237 e. The molecule has 0 saturated carbocycles. The SMILES string of the molecule is COCCCCNC(=O)[C@H](N)C(C)C. The number of nitrogens with two attached hydrogens (primary N) is 1. The van der Waals surface area contributed by atoms with Gasteiger partial charge in [0.05, 0.1) is 6.04 Å². The molecule has 0 rings (SSSR count). The number of carbonyl (C=O) groups is 1. The molecule has 0 aromatic heterocycles. The van der Waals surface area contributed by atoms with Gasteiger partial charge in [0.15, 0.2) is 0 Å². The molecule has 0 spiro atoms. The number of unbranched alkanes of at least 4 members (excludes halogenated alkanes) is 1. The minimum Gasteiger partial charge on any atom is -0.385 e. The Labute approximate surface area is 86.2 Å². The molecule has 3 N–H and O–H groups in total. The van der Waals surface area contributed by atoms with E-state index in [-0.39, 0.29) is 11.8 Å². The van der Waals surface area contributed by atoms with Crippen molar-refractivity contribution in [2.24, 2.45) is 11.7 Å². The highest BCUT2D eigenvalue weighted by Gasteiger charge is 2.15. The molecule has 0 radical (unpaired) electrons. The molecule has 0 aromatic rings. The van der Waals surface area contributed by atoms with Crippen LogP contribution in [0.3, 0.4) is 0 Å². The molecule has 0 aromatic carbocycles. The van der Waals surface area contributed by atoms with E-state index in [0.717, 1.165) is 19.4 Å². The van der Waals surface area contributed by atoms with Crippen molar-refractivity contribution in [1.29, 1.82) is 0 Å². The van der Waals surface area contributed by atoms with Crippen LogP contribution in [0.5, 0.6) is 0 Å². The first-order chi connectivity index (χ1) is 6.59. The fraction of sp³-hybridized carbons (Fsp3) is 0.900. The first-order valence-electron chi connectivity index (χ1n) is 5.11. The van der Waals surface area contributed by atoms with E-state index >= 15 is 0 Å². The van der Waals surface area contributed by atoms with Crippen molar-refractivity contribution in [2.45, 2.75) is 32.7 Å². The summed E-state index contributed by atoms with van der Waals surface area (Å²) in [5.41, 5.74) is 5.66. The largest absolute Gasteiger partial charge is 0.385 e. The summed E-state index contributed by atoms with van der Waals surface area (Å²) in [4.78, 5) is 11.3. The Morgan fingerprint density at radius 1 is 1.43 bits per heavy atom. The van der Waals surface area contributed by atoms with Crippen LogP contribution in [-0.4, -0.2) is 32.2 Å². The van der Waals surface area contributed by atoms with Crippen LogP contribution in [0.1, 0.15) is 26.7 Å². The van der Waals surface area contributed by atoms with Crippen molar-refractivity contribution in [3.8, 4) is 0 Å². The first-order valence-corrected chi connectivity index (χ1v) is 5.11. The summed E-state index contributed by atoms with van der Waals surface area (Å²) in [7, 11) is 1.67. The molecule has 0 heterocycles. The molecule has 1 atom stereocenters. The normalized spacial score (nSPS) is 12.9.